The van der Waals surface area contributed by atoms with Gasteiger partial charge in [0.1, 0.15) is 22.5 Å². The van der Waals surface area contributed by atoms with Crippen LogP contribution in [0.25, 0.3) is 22.4 Å². The Morgan fingerprint density at radius 3 is 2.84 bits per heavy atom. The van der Waals surface area contributed by atoms with Crippen molar-refractivity contribution < 1.29 is 14.3 Å². The molecule has 1 N–H and O–H groups in total. The van der Waals surface area contributed by atoms with E-state index in [4.69, 9.17) is 19.6 Å². The lowest BCUT2D eigenvalue weighted by atomic mass is 9.96. The molecule has 162 valence electrons. The Morgan fingerprint density at radius 1 is 1.26 bits per heavy atom. The molecular weight excluding hydrogens is 398 g/mol. The summed E-state index contributed by atoms with van der Waals surface area (Å²) < 4.78 is 13.1. The van der Waals surface area contributed by atoms with Crippen LogP contribution in [0.5, 0.6) is 0 Å². The van der Waals surface area contributed by atoms with Gasteiger partial charge in [-0.25, -0.2) is 4.98 Å². The first kappa shape index (κ1) is 18.8. The molecule has 10 nitrogen and oxygen atoms in total. The zero-order chi connectivity index (χ0) is 21.2. The number of nitrogens with one attached hydrogen (secondary N) is 1. The summed E-state index contributed by atoms with van der Waals surface area (Å²) in [5.74, 6) is 0.926. The highest BCUT2D eigenvalue weighted by atomic mass is 16.5. The molecule has 3 aliphatic heterocycles. The van der Waals surface area contributed by atoms with Crippen molar-refractivity contribution in [3.8, 4) is 11.4 Å². The second-order valence-corrected chi connectivity index (χ2v) is 8.83. The molecule has 3 aliphatic rings. The molecule has 1 amide bonds. The smallest absolute Gasteiger partial charge is 0.229 e. The standard InChI is InChI=1S/C21H25N7O3/c1-13-10-30-8-7-26(13)16-9-15-20-19(23-16)18(14-3-5-22-24-14)25-27(20)6-4-17(29)28(15)21(2)11-31-12-21/h3,5,9,13H,4,6-8,10-12H2,1-2H3,(H,22,24)/t13-/m1/s1. The molecule has 0 radical (unpaired) electrons. The molecule has 3 aromatic rings. The number of pyridine rings is 1. The Morgan fingerprint density at radius 2 is 2.13 bits per heavy atom. The van der Waals surface area contributed by atoms with Crippen LogP contribution in [0.3, 0.4) is 0 Å². The SMILES string of the molecule is C[C@@H]1COCCN1c1cc2c3c(n1)c(-c1ccn[nH]1)nn3CCC(=O)N2C1(C)COC1. The van der Waals surface area contributed by atoms with E-state index < -0.39 is 0 Å². The van der Waals surface area contributed by atoms with E-state index in [-0.39, 0.29) is 17.5 Å². The first-order chi connectivity index (χ1) is 15.0. The van der Waals surface area contributed by atoms with E-state index in [0.717, 1.165) is 40.5 Å². The second kappa shape index (κ2) is 6.76. The van der Waals surface area contributed by atoms with Crippen LogP contribution in [0.1, 0.15) is 20.3 Å². The average molecular weight is 423 g/mol. The number of aromatic amines is 1. The van der Waals surface area contributed by atoms with E-state index in [1.807, 2.05) is 21.7 Å². The Kier molecular flexibility index (Phi) is 4.09. The molecule has 0 spiro atoms. The van der Waals surface area contributed by atoms with Crippen molar-refractivity contribution >= 4 is 28.4 Å². The summed E-state index contributed by atoms with van der Waals surface area (Å²) in [6.07, 6.45) is 2.09. The molecule has 0 aliphatic carbocycles. The maximum atomic E-state index is 13.3. The number of carbonyl (C=O) groups is 1. The van der Waals surface area contributed by atoms with Crippen LogP contribution in [-0.4, -0.2) is 75.4 Å². The van der Waals surface area contributed by atoms with Crippen molar-refractivity contribution in [2.75, 3.05) is 42.8 Å². The van der Waals surface area contributed by atoms with Gasteiger partial charge >= 0.3 is 0 Å². The summed E-state index contributed by atoms with van der Waals surface area (Å²) in [6, 6.07) is 4.13. The maximum Gasteiger partial charge on any atom is 0.229 e. The second-order valence-electron chi connectivity index (χ2n) is 8.83. The summed E-state index contributed by atoms with van der Waals surface area (Å²) >= 11 is 0. The van der Waals surface area contributed by atoms with E-state index in [9.17, 15) is 4.79 Å². The van der Waals surface area contributed by atoms with Gasteiger partial charge in [-0.3, -0.25) is 19.5 Å². The molecule has 3 aromatic heterocycles. The lowest BCUT2D eigenvalue weighted by molar-refractivity contribution is -0.125. The maximum absolute atomic E-state index is 13.3. The van der Waals surface area contributed by atoms with Crippen LogP contribution in [0.2, 0.25) is 0 Å². The van der Waals surface area contributed by atoms with Gasteiger partial charge in [0.05, 0.1) is 55.9 Å². The fraction of sp³-hybridized carbons (Fsp3) is 0.524. The predicted molar refractivity (Wildman–Crippen MR) is 114 cm³/mol. The van der Waals surface area contributed by atoms with Gasteiger partial charge in [-0.2, -0.15) is 10.2 Å². The molecule has 6 rings (SSSR count). The molecule has 6 heterocycles. The number of ether oxygens (including phenoxy) is 2. The van der Waals surface area contributed by atoms with Crippen molar-refractivity contribution in [3.63, 3.8) is 0 Å². The van der Waals surface area contributed by atoms with Crippen molar-refractivity contribution in [2.24, 2.45) is 0 Å². The highest BCUT2D eigenvalue weighted by molar-refractivity contribution is 6.07. The number of hydrogen-bond acceptors (Lipinski definition) is 7. The summed E-state index contributed by atoms with van der Waals surface area (Å²) in [5, 5.41) is 12.0. The molecule has 31 heavy (non-hydrogen) atoms. The quantitative estimate of drug-likeness (QED) is 0.682. The third-order valence-electron chi connectivity index (χ3n) is 6.47. The number of amides is 1. The van der Waals surface area contributed by atoms with Crippen molar-refractivity contribution in [3.05, 3.63) is 18.3 Å². The number of aromatic nitrogens is 5. The molecule has 2 fully saturated rings. The van der Waals surface area contributed by atoms with E-state index in [0.29, 0.717) is 39.4 Å². The number of nitrogens with zero attached hydrogens (tertiary/aromatic N) is 6. The van der Waals surface area contributed by atoms with Gasteiger partial charge in [0, 0.05) is 25.2 Å². The highest BCUT2D eigenvalue weighted by Crippen LogP contribution is 2.41. The van der Waals surface area contributed by atoms with Crippen LogP contribution >= 0.6 is 0 Å². The molecule has 10 heteroatoms. The highest BCUT2D eigenvalue weighted by Gasteiger charge is 2.45. The molecule has 1 atom stereocenters. The van der Waals surface area contributed by atoms with Crippen LogP contribution in [0.15, 0.2) is 18.3 Å². The lowest BCUT2D eigenvalue weighted by Gasteiger charge is -2.47. The molecular formula is C21H25N7O3. The third-order valence-corrected chi connectivity index (χ3v) is 6.47. The summed E-state index contributed by atoms with van der Waals surface area (Å²) in [7, 11) is 0. The van der Waals surface area contributed by atoms with Crippen LogP contribution in [-0.2, 0) is 20.8 Å². The normalized spacial score (nSPS) is 23.2. The number of H-pyrrole nitrogens is 1. The zero-order valence-corrected chi connectivity index (χ0v) is 17.7. The minimum atomic E-state index is -0.368. The molecule has 0 saturated carbocycles. The molecule has 0 unspecified atom stereocenters. The number of aryl methyl sites for hydroxylation is 1. The Hall–Kier alpha value is -2.98. The average Bonchev–Trinajstić information content (AvgIpc) is 3.36. The van der Waals surface area contributed by atoms with Gasteiger partial charge in [-0.15, -0.1) is 0 Å². The Bertz CT molecular complexity index is 1150. The fourth-order valence-corrected chi connectivity index (χ4v) is 4.83. The number of carbonyl (C=O) groups excluding carboxylic acids is 1. The minimum absolute atomic E-state index is 0.0906. The van der Waals surface area contributed by atoms with E-state index in [1.54, 1.807) is 6.20 Å². The van der Waals surface area contributed by atoms with Crippen LogP contribution < -0.4 is 9.80 Å². The van der Waals surface area contributed by atoms with E-state index in [2.05, 4.69) is 28.9 Å². The monoisotopic (exact) mass is 423 g/mol. The van der Waals surface area contributed by atoms with E-state index in [1.165, 1.54) is 0 Å². The minimum Gasteiger partial charge on any atom is -0.377 e. The summed E-state index contributed by atoms with van der Waals surface area (Å²) in [5.41, 5.74) is 3.71. The molecule has 0 aromatic carbocycles. The Balaban J connectivity index is 1.62. The first-order valence-electron chi connectivity index (χ1n) is 10.7. The van der Waals surface area contributed by atoms with Gasteiger partial charge < -0.3 is 14.4 Å². The van der Waals surface area contributed by atoms with Gasteiger partial charge in [0.15, 0.2) is 0 Å². The zero-order valence-electron chi connectivity index (χ0n) is 17.7. The van der Waals surface area contributed by atoms with Gasteiger partial charge in [0.2, 0.25) is 5.91 Å². The van der Waals surface area contributed by atoms with Crippen molar-refractivity contribution in [1.82, 2.24) is 25.0 Å². The predicted octanol–water partition coefficient (Wildman–Crippen LogP) is 1.57. The van der Waals surface area contributed by atoms with Crippen molar-refractivity contribution in [2.45, 2.75) is 38.4 Å². The molecule has 0 bridgehead atoms. The van der Waals surface area contributed by atoms with Gasteiger partial charge in [-0.05, 0) is 19.9 Å². The largest absolute Gasteiger partial charge is 0.377 e. The molecule has 2 saturated heterocycles. The van der Waals surface area contributed by atoms with E-state index >= 15 is 0 Å². The van der Waals surface area contributed by atoms with Gasteiger partial charge in [0.25, 0.3) is 0 Å². The summed E-state index contributed by atoms with van der Waals surface area (Å²) in [4.78, 5) is 22.5. The van der Waals surface area contributed by atoms with Crippen molar-refractivity contribution in [1.29, 1.82) is 0 Å². The van der Waals surface area contributed by atoms with Crippen LogP contribution in [0.4, 0.5) is 11.5 Å². The van der Waals surface area contributed by atoms with Crippen LogP contribution in [0, 0.1) is 0 Å². The number of morpholine rings is 1. The van der Waals surface area contributed by atoms with Gasteiger partial charge in [-0.1, -0.05) is 0 Å². The number of hydrogen-bond donors (Lipinski definition) is 1. The fourth-order valence-electron chi connectivity index (χ4n) is 4.83. The third kappa shape index (κ3) is 2.78. The Labute approximate surface area is 179 Å². The lowest BCUT2D eigenvalue weighted by Crippen LogP contribution is -2.62. The first-order valence-corrected chi connectivity index (χ1v) is 10.7. The number of anilines is 2. The number of rotatable bonds is 3. The summed E-state index contributed by atoms with van der Waals surface area (Å²) in [6.45, 7) is 7.82. The topological polar surface area (TPSA) is 101 Å².